The molecule has 2 N–H and O–H groups in total. The molecule has 1 unspecified atom stereocenters. The van der Waals surface area contributed by atoms with Crippen LogP contribution in [0.15, 0.2) is 35.3 Å². The van der Waals surface area contributed by atoms with Crippen molar-refractivity contribution in [1.82, 2.24) is 9.80 Å². The Bertz CT molecular complexity index is 463. The van der Waals surface area contributed by atoms with Gasteiger partial charge in [0.2, 0.25) is 0 Å². The summed E-state index contributed by atoms with van der Waals surface area (Å²) in [5, 5.41) is 0. The molecule has 0 amide bonds. The summed E-state index contributed by atoms with van der Waals surface area (Å²) in [6, 6.07) is 10.6. The third-order valence-electron chi connectivity index (χ3n) is 4.25. The summed E-state index contributed by atoms with van der Waals surface area (Å²) in [7, 11) is 2.16. The Morgan fingerprint density at radius 1 is 1.35 bits per heavy atom. The first kappa shape index (κ1) is 20.2. The Kier molecular flexibility index (Phi) is 9.55. The van der Waals surface area contributed by atoms with Crippen molar-refractivity contribution in [3.8, 4) is 0 Å². The lowest BCUT2D eigenvalue weighted by Crippen LogP contribution is -2.43. The van der Waals surface area contributed by atoms with Crippen LogP contribution in [0.3, 0.4) is 0 Å². The number of guanidine groups is 1. The smallest absolute Gasteiger partial charge is 0.191 e. The molecule has 0 saturated carbocycles. The van der Waals surface area contributed by atoms with Crippen molar-refractivity contribution < 1.29 is 0 Å². The van der Waals surface area contributed by atoms with Crippen LogP contribution in [0, 0.1) is 5.92 Å². The van der Waals surface area contributed by atoms with Crippen LogP contribution in [-0.2, 0) is 6.54 Å². The second-order valence-corrected chi connectivity index (χ2v) is 6.51. The van der Waals surface area contributed by atoms with Gasteiger partial charge in [0.15, 0.2) is 5.96 Å². The third kappa shape index (κ3) is 7.52. The number of halogens is 1. The molecule has 5 heteroatoms. The van der Waals surface area contributed by atoms with Crippen LogP contribution in [0.1, 0.15) is 31.7 Å². The number of likely N-dealkylation sites (tertiary alicyclic amines) is 1. The van der Waals surface area contributed by atoms with Gasteiger partial charge in [0.05, 0.1) is 0 Å². The summed E-state index contributed by atoms with van der Waals surface area (Å²) in [6.07, 6.45) is 3.60. The van der Waals surface area contributed by atoms with Gasteiger partial charge in [0.1, 0.15) is 0 Å². The average molecular weight is 430 g/mol. The van der Waals surface area contributed by atoms with Gasteiger partial charge >= 0.3 is 0 Å². The Morgan fingerprint density at radius 2 is 2.09 bits per heavy atom. The lowest BCUT2D eigenvalue weighted by molar-refractivity contribution is 0.270. The van der Waals surface area contributed by atoms with Crippen molar-refractivity contribution >= 4 is 29.9 Å². The third-order valence-corrected chi connectivity index (χ3v) is 4.25. The lowest BCUT2D eigenvalue weighted by Gasteiger charge is -2.31. The second-order valence-electron chi connectivity index (χ2n) is 6.51. The van der Waals surface area contributed by atoms with Crippen LogP contribution in [-0.4, -0.2) is 49.0 Å². The van der Waals surface area contributed by atoms with E-state index >= 15 is 0 Å². The predicted octanol–water partition coefficient (Wildman–Crippen LogP) is 3.17. The number of aliphatic imine (C=N–C) groups is 1. The average Bonchev–Trinajstić information content (AvgIpc) is 2.52. The van der Waals surface area contributed by atoms with E-state index in [1.807, 2.05) is 0 Å². The molecule has 0 aliphatic carbocycles. The number of benzene rings is 1. The molecular formula is C18H31IN4. The van der Waals surface area contributed by atoms with Gasteiger partial charge in [0, 0.05) is 26.2 Å². The Morgan fingerprint density at radius 3 is 2.78 bits per heavy atom. The maximum absolute atomic E-state index is 6.11. The summed E-state index contributed by atoms with van der Waals surface area (Å²) >= 11 is 0. The van der Waals surface area contributed by atoms with Crippen LogP contribution in [0.2, 0.25) is 0 Å². The first-order valence-electron chi connectivity index (χ1n) is 8.42. The number of nitrogens with two attached hydrogens (primary N) is 1. The van der Waals surface area contributed by atoms with Gasteiger partial charge in [-0.25, -0.2) is 0 Å². The molecule has 0 aromatic heterocycles. The van der Waals surface area contributed by atoms with Gasteiger partial charge in [-0.3, -0.25) is 4.99 Å². The normalized spacial score (nSPS) is 18.8. The van der Waals surface area contributed by atoms with Gasteiger partial charge in [-0.05, 0) is 44.3 Å². The SMILES string of the molecule is CC1CCCN(C(N)=NCCCN(C)Cc2ccccc2)C1.I. The summed E-state index contributed by atoms with van der Waals surface area (Å²) in [6.45, 7) is 7.26. The number of rotatable bonds is 6. The first-order valence-corrected chi connectivity index (χ1v) is 8.42. The lowest BCUT2D eigenvalue weighted by atomic mass is 10.0. The standard InChI is InChI=1S/C18H30N4.HI/c1-16-8-6-13-22(14-16)18(19)20-11-7-12-21(2)15-17-9-4-3-5-10-17;/h3-5,9-10,16H,6-8,11-15H2,1-2H3,(H2,19,20);1H. The van der Waals surface area contributed by atoms with E-state index in [0.29, 0.717) is 0 Å². The molecule has 1 atom stereocenters. The second kappa shape index (κ2) is 10.9. The molecule has 130 valence electrons. The van der Waals surface area contributed by atoms with Crippen LogP contribution < -0.4 is 5.73 Å². The zero-order valence-electron chi connectivity index (χ0n) is 14.4. The molecule has 4 nitrogen and oxygen atoms in total. The van der Waals surface area contributed by atoms with Crippen molar-refractivity contribution in [2.24, 2.45) is 16.6 Å². The van der Waals surface area contributed by atoms with E-state index in [1.165, 1.54) is 18.4 Å². The molecular weight excluding hydrogens is 399 g/mol. The maximum atomic E-state index is 6.11. The van der Waals surface area contributed by atoms with Crippen molar-refractivity contribution in [2.75, 3.05) is 33.2 Å². The van der Waals surface area contributed by atoms with Crippen molar-refractivity contribution in [1.29, 1.82) is 0 Å². The number of nitrogens with zero attached hydrogens (tertiary/aromatic N) is 3. The molecule has 23 heavy (non-hydrogen) atoms. The molecule has 0 bridgehead atoms. The van der Waals surface area contributed by atoms with E-state index in [-0.39, 0.29) is 24.0 Å². The van der Waals surface area contributed by atoms with E-state index in [4.69, 9.17) is 5.73 Å². The molecule has 2 rings (SSSR count). The van der Waals surface area contributed by atoms with Gasteiger partial charge in [0.25, 0.3) is 0 Å². The van der Waals surface area contributed by atoms with E-state index in [1.54, 1.807) is 0 Å². The predicted molar refractivity (Wildman–Crippen MR) is 109 cm³/mol. The highest BCUT2D eigenvalue weighted by molar-refractivity contribution is 14.0. The summed E-state index contributed by atoms with van der Waals surface area (Å²) in [5.41, 5.74) is 7.47. The highest BCUT2D eigenvalue weighted by atomic mass is 127. The highest BCUT2D eigenvalue weighted by Gasteiger charge is 2.17. The van der Waals surface area contributed by atoms with Crippen LogP contribution in [0.25, 0.3) is 0 Å². The molecule has 1 aliphatic rings. The quantitative estimate of drug-likeness (QED) is 0.326. The van der Waals surface area contributed by atoms with E-state index in [9.17, 15) is 0 Å². The minimum atomic E-state index is 0. The fourth-order valence-corrected chi connectivity index (χ4v) is 3.01. The Hall–Kier alpha value is -0.820. The first-order chi connectivity index (χ1) is 10.6. The van der Waals surface area contributed by atoms with Crippen LogP contribution in [0.4, 0.5) is 0 Å². The summed E-state index contributed by atoms with van der Waals surface area (Å²) in [5.74, 6) is 1.47. The van der Waals surface area contributed by atoms with Gasteiger partial charge in [-0.15, -0.1) is 24.0 Å². The molecule has 1 aromatic rings. The van der Waals surface area contributed by atoms with Crippen molar-refractivity contribution in [3.63, 3.8) is 0 Å². The topological polar surface area (TPSA) is 44.9 Å². The number of piperidine rings is 1. The van der Waals surface area contributed by atoms with Crippen molar-refractivity contribution in [2.45, 2.75) is 32.7 Å². The number of hydrogen-bond donors (Lipinski definition) is 1. The molecule has 0 spiro atoms. The molecule has 0 radical (unpaired) electrons. The van der Waals surface area contributed by atoms with Crippen LogP contribution in [0.5, 0.6) is 0 Å². The van der Waals surface area contributed by atoms with Gasteiger partial charge < -0.3 is 15.5 Å². The zero-order chi connectivity index (χ0) is 15.8. The van der Waals surface area contributed by atoms with E-state index in [2.05, 4.69) is 59.1 Å². The Balaban J connectivity index is 0.00000264. The fraction of sp³-hybridized carbons (Fsp3) is 0.611. The van der Waals surface area contributed by atoms with Crippen LogP contribution >= 0.6 is 24.0 Å². The van der Waals surface area contributed by atoms with Gasteiger partial charge in [-0.1, -0.05) is 37.3 Å². The molecule has 1 saturated heterocycles. The van der Waals surface area contributed by atoms with E-state index in [0.717, 1.165) is 51.0 Å². The molecule has 1 heterocycles. The summed E-state index contributed by atoms with van der Waals surface area (Å²) in [4.78, 5) is 9.13. The monoisotopic (exact) mass is 430 g/mol. The van der Waals surface area contributed by atoms with E-state index < -0.39 is 0 Å². The summed E-state index contributed by atoms with van der Waals surface area (Å²) < 4.78 is 0. The minimum Gasteiger partial charge on any atom is -0.370 e. The number of hydrogen-bond acceptors (Lipinski definition) is 2. The molecule has 1 fully saturated rings. The Labute approximate surface area is 158 Å². The molecule has 1 aromatic carbocycles. The largest absolute Gasteiger partial charge is 0.370 e. The zero-order valence-corrected chi connectivity index (χ0v) is 16.8. The van der Waals surface area contributed by atoms with Crippen molar-refractivity contribution in [3.05, 3.63) is 35.9 Å². The minimum absolute atomic E-state index is 0. The highest BCUT2D eigenvalue weighted by Crippen LogP contribution is 2.14. The fourth-order valence-electron chi connectivity index (χ4n) is 3.01. The molecule has 1 aliphatic heterocycles. The van der Waals surface area contributed by atoms with Gasteiger partial charge in [-0.2, -0.15) is 0 Å². The maximum Gasteiger partial charge on any atom is 0.191 e.